The lowest BCUT2D eigenvalue weighted by Gasteiger charge is -2.38. The molecule has 1 aliphatic heterocycles. The molecule has 1 amide bonds. The van der Waals surface area contributed by atoms with Crippen LogP contribution in [0, 0.1) is 5.41 Å². The van der Waals surface area contributed by atoms with Crippen LogP contribution in [0.15, 0.2) is 30.3 Å². The number of hydrogen-bond donors (Lipinski definition) is 1. The molecule has 1 aromatic rings. The van der Waals surface area contributed by atoms with Crippen molar-refractivity contribution in [1.82, 2.24) is 9.80 Å². The zero-order valence-electron chi connectivity index (χ0n) is 15.3. The number of amides is 1. The molecule has 144 valence electrons. The van der Waals surface area contributed by atoms with Gasteiger partial charge in [0.1, 0.15) is 12.4 Å². The van der Waals surface area contributed by atoms with Crippen molar-refractivity contribution in [3.63, 3.8) is 0 Å². The molecule has 1 heterocycles. The summed E-state index contributed by atoms with van der Waals surface area (Å²) in [5.74, 6) is 0.968. The van der Waals surface area contributed by atoms with Crippen molar-refractivity contribution in [3.05, 3.63) is 30.3 Å². The number of carbonyl (C=O) groups is 1. The first-order chi connectivity index (χ1) is 10.9. The number of carbonyl (C=O) groups excluding carboxylic acids is 1. The molecule has 1 aromatic carbocycles. The average molecular weight is 392 g/mol. The molecular formula is C18H31Cl2N3O2. The molecule has 2 rings (SSSR count). The number of ether oxygens (including phenoxy) is 1. The van der Waals surface area contributed by atoms with Crippen LogP contribution in [0.1, 0.15) is 20.8 Å². The van der Waals surface area contributed by atoms with Gasteiger partial charge in [0.2, 0.25) is 5.91 Å². The third kappa shape index (κ3) is 7.40. The third-order valence-corrected chi connectivity index (χ3v) is 4.30. The second-order valence-electron chi connectivity index (χ2n) is 7.17. The summed E-state index contributed by atoms with van der Waals surface area (Å²) in [6.45, 7) is 10.8. The zero-order valence-corrected chi connectivity index (χ0v) is 16.9. The second kappa shape index (κ2) is 10.9. The summed E-state index contributed by atoms with van der Waals surface area (Å²) in [5, 5.41) is 0. The van der Waals surface area contributed by atoms with Gasteiger partial charge in [0.05, 0.1) is 6.04 Å². The van der Waals surface area contributed by atoms with E-state index in [1.54, 1.807) is 0 Å². The molecule has 0 unspecified atom stereocenters. The molecule has 25 heavy (non-hydrogen) atoms. The molecule has 0 saturated carbocycles. The molecule has 1 aliphatic rings. The van der Waals surface area contributed by atoms with E-state index in [0.717, 1.165) is 38.5 Å². The zero-order chi connectivity index (χ0) is 16.9. The van der Waals surface area contributed by atoms with E-state index in [0.29, 0.717) is 6.61 Å². The predicted molar refractivity (Wildman–Crippen MR) is 107 cm³/mol. The first-order valence-corrected chi connectivity index (χ1v) is 8.32. The van der Waals surface area contributed by atoms with Crippen LogP contribution in [0.3, 0.4) is 0 Å². The van der Waals surface area contributed by atoms with Crippen LogP contribution < -0.4 is 10.5 Å². The van der Waals surface area contributed by atoms with E-state index >= 15 is 0 Å². The fourth-order valence-corrected chi connectivity index (χ4v) is 2.57. The Balaban J connectivity index is 0.00000288. The maximum absolute atomic E-state index is 12.4. The number of benzene rings is 1. The number of halogens is 2. The van der Waals surface area contributed by atoms with Crippen LogP contribution in [0.25, 0.3) is 0 Å². The molecule has 7 heteroatoms. The second-order valence-corrected chi connectivity index (χ2v) is 7.17. The normalized spacial score (nSPS) is 16.4. The summed E-state index contributed by atoms with van der Waals surface area (Å²) in [7, 11) is 0. The van der Waals surface area contributed by atoms with Gasteiger partial charge < -0.3 is 15.4 Å². The van der Waals surface area contributed by atoms with Gasteiger partial charge >= 0.3 is 0 Å². The summed E-state index contributed by atoms with van der Waals surface area (Å²) in [6.07, 6.45) is 0. The fraction of sp³-hybridized carbons (Fsp3) is 0.611. The van der Waals surface area contributed by atoms with Crippen molar-refractivity contribution < 1.29 is 9.53 Å². The number of para-hydroxylation sites is 1. The molecule has 0 radical (unpaired) electrons. The van der Waals surface area contributed by atoms with Crippen molar-refractivity contribution in [2.45, 2.75) is 26.8 Å². The van der Waals surface area contributed by atoms with Crippen molar-refractivity contribution >= 4 is 30.7 Å². The van der Waals surface area contributed by atoms with E-state index in [4.69, 9.17) is 10.5 Å². The molecule has 5 nitrogen and oxygen atoms in total. The number of piperazine rings is 1. The monoisotopic (exact) mass is 391 g/mol. The largest absolute Gasteiger partial charge is 0.492 e. The highest BCUT2D eigenvalue weighted by Gasteiger charge is 2.32. The Hall–Kier alpha value is -1.01. The Labute approximate surface area is 163 Å². The Morgan fingerprint density at radius 3 is 2.20 bits per heavy atom. The van der Waals surface area contributed by atoms with Gasteiger partial charge in [0.25, 0.3) is 0 Å². The fourth-order valence-electron chi connectivity index (χ4n) is 2.57. The number of rotatable bonds is 5. The van der Waals surface area contributed by atoms with E-state index < -0.39 is 6.04 Å². The van der Waals surface area contributed by atoms with Crippen LogP contribution in [0.5, 0.6) is 5.75 Å². The Morgan fingerprint density at radius 2 is 1.68 bits per heavy atom. The quantitative estimate of drug-likeness (QED) is 0.836. The lowest BCUT2D eigenvalue weighted by Crippen LogP contribution is -2.56. The van der Waals surface area contributed by atoms with E-state index in [1.807, 2.05) is 56.0 Å². The van der Waals surface area contributed by atoms with Crippen LogP contribution in [0.2, 0.25) is 0 Å². The van der Waals surface area contributed by atoms with Crippen LogP contribution in [0.4, 0.5) is 0 Å². The van der Waals surface area contributed by atoms with E-state index in [2.05, 4.69) is 4.90 Å². The van der Waals surface area contributed by atoms with Crippen LogP contribution >= 0.6 is 24.8 Å². The predicted octanol–water partition coefficient (Wildman–Crippen LogP) is 2.43. The summed E-state index contributed by atoms with van der Waals surface area (Å²) < 4.78 is 5.72. The van der Waals surface area contributed by atoms with E-state index in [1.165, 1.54) is 0 Å². The van der Waals surface area contributed by atoms with Crippen molar-refractivity contribution in [1.29, 1.82) is 0 Å². The number of nitrogens with zero attached hydrogens (tertiary/aromatic N) is 2. The molecule has 0 aromatic heterocycles. The minimum Gasteiger partial charge on any atom is -0.492 e. The SMILES string of the molecule is CC(C)(C)[C@H](N)C(=O)N1CCN(CCOc2ccccc2)CC1.Cl.Cl. The van der Waals surface area contributed by atoms with E-state index in [-0.39, 0.29) is 36.1 Å². The standard InChI is InChI=1S/C18H29N3O2.2ClH/c1-18(2,3)16(19)17(22)21-11-9-20(10-12-21)13-14-23-15-7-5-4-6-8-15;;/h4-8,16H,9-14,19H2,1-3H3;2*1H/t16-;;/m1../s1. The van der Waals surface area contributed by atoms with Crippen LogP contribution in [-0.2, 0) is 4.79 Å². The minimum atomic E-state index is -0.435. The molecule has 0 aliphatic carbocycles. The van der Waals surface area contributed by atoms with Gasteiger partial charge in [-0.25, -0.2) is 0 Å². The minimum absolute atomic E-state index is 0. The lowest BCUT2D eigenvalue weighted by atomic mass is 9.86. The van der Waals surface area contributed by atoms with Gasteiger partial charge in [-0.05, 0) is 17.5 Å². The topological polar surface area (TPSA) is 58.8 Å². The van der Waals surface area contributed by atoms with Gasteiger partial charge in [-0.3, -0.25) is 9.69 Å². The highest BCUT2D eigenvalue weighted by atomic mass is 35.5. The molecule has 2 N–H and O–H groups in total. The number of hydrogen-bond acceptors (Lipinski definition) is 4. The van der Waals surface area contributed by atoms with Crippen molar-refractivity contribution in [3.8, 4) is 5.75 Å². The molecule has 0 spiro atoms. The van der Waals surface area contributed by atoms with Gasteiger partial charge in [-0.1, -0.05) is 39.0 Å². The van der Waals surface area contributed by atoms with Gasteiger partial charge in [-0.15, -0.1) is 24.8 Å². The summed E-state index contributed by atoms with van der Waals surface area (Å²) >= 11 is 0. The molecule has 1 atom stereocenters. The first-order valence-electron chi connectivity index (χ1n) is 8.32. The van der Waals surface area contributed by atoms with Crippen LogP contribution in [-0.4, -0.2) is 61.1 Å². The summed E-state index contributed by atoms with van der Waals surface area (Å²) in [6, 6.07) is 9.41. The molecule has 1 fully saturated rings. The third-order valence-electron chi connectivity index (χ3n) is 4.30. The highest BCUT2D eigenvalue weighted by molar-refractivity contribution is 5.85. The summed E-state index contributed by atoms with van der Waals surface area (Å²) in [4.78, 5) is 16.6. The Kier molecular flexibility index (Phi) is 10.4. The smallest absolute Gasteiger partial charge is 0.240 e. The van der Waals surface area contributed by atoms with Gasteiger partial charge in [-0.2, -0.15) is 0 Å². The van der Waals surface area contributed by atoms with Crippen molar-refractivity contribution in [2.24, 2.45) is 11.1 Å². The molecular weight excluding hydrogens is 361 g/mol. The average Bonchev–Trinajstić information content (AvgIpc) is 2.54. The highest BCUT2D eigenvalue weighted by Crippen LogP contribution is 2.19. The van der Waals surface area contributed by atoms with Gasteiger partial charge in [0, 0.05) is 32.7 Å². The lowest BCUT2D eigenvalue weighted by molar-refractivity contribution is -0.136. The maximum atomic E-state index is 12.4. The summed E-state index contributed by atoms with van der Waals surface area (Å²) in [5.41, 5.74) is 5.88. The Bertz CT molecular complexity index is 501. The number of nitrogens with two attached hydrogens (primary N) is 1. The first kappa shape index (κ1) is 24.0. The molecule has 1 saturated heterocycles. The maximum Gasteiger partial charge on any atom is 0.240 e. The van der Waals surface area contributed by atoms with Crippen molar-refractivity contribution in [2.75, 3.05) is 39.3 Å². The Morgan fingerprint density at radius 1 is 1.12 bits per heavy atom. The van der Waals surface area contributed by atoms with E-state index in [9.17, 15) is 4.79 Å². The van der Waals surface area contributed by atoms with Gasteiger partial charge in [0.15, 0.2) is 0 Å². The molecule has 0 bridgehead atoms.